The average molecular weight is 298 g/mol. The van der Waals surface area contributed by atoms with Crippen LogP contribution in [0.25, 0.3) is 6.08 Å². The molecule has 1 aromatic carbocycles. The number of carbonyl (C=O) groups excluding carboxylic acids is 2. The Kier molecular flexibility index (Phi) is 4.16. The number of benzene rings is 1. The van der Waals surface area contributed by atoms with Gasteiger partial charge in [0.2, 0.25) is 5.78 Å². The van der Waals surface area contributed by atoms with Gasteiger partial charge in [-0.25, -0.2) is 0 Å². The van der Waals surface area contributed by atoms with E-state index in [1.807, 2.05) is 0 Å². The molecule has 1 atom stereocenters. The molecule has 1 aromatic rings. The third-order valence-electron chi connectivity index (χ3n) is 3.39. The zero-order chi connectivity index (χ0) is 15.6. The molecule has 0 bridgehead atoms. The van der Waals surface area contributed by atoms with Crippen molar-refractivity contribution < 1.29 is 27.5 Å². The fourth-order valence-corrected chi connectivity index (χ4v) is 2.27. The van der Waals surface area contributed by atoms with E-state index < -0.39 is 23.7 Å². The van der Waals surface area contributed by atoms with Gasteiger partial charge in [0.1, 0.15) is 5.75 Å². The summed E-state index contributed by atoms with van der Waals surface area (Å²) in [6.07, 6.45) is -3.35. The van der Waals surface area contributed by atoms with Crippen molar-refractivity contribution in [3.8, 4) is 5.75 Å². The minimum Gasteiger partial charge on any atom is -0.497 e. The van der Waals surface area contributed by atoms with Gasteiger partial charge in [0.25, 0.3) is 0 Å². The maximum absolute atomic E-state index is 12.4. The van der Waals surface area contributed by atoms with Crippen molar-refractivity contribution >= 4 is 17.6 Å². The monoisotopic (exact) mass is 298 g/mol. The summed E-state index contributed by atoms with van der Waals surface area (Å²) < 4.78 is 42.1. The highest BCUT2D eigenvalue weighted by Crippen LogP contribution is 2.34. The highest BCUT2D eigenvalue weighted by molar-refractivity contribution is 6.15. The van der Waals surface area contributed by atoms with Crippen molar-refractivity contribution in [3.63, 3.8) is 0 Å². The van der Waals surface area contributed by atoms with Gasteiger partial charge in [-0.1, -0.05) is 12.1 Å². The molecule has 0 aromatic heterocycles. The molecule has 1 aliphatic carbocycles. The van der Waals surface area contributed by atoms with Crippen LogP contribution in [-0.2, 0) is 9.59 Å². The van der Waals surface area contributed by atoms with Crippen LogP contribution < -0.4 is 4.74 Å². The molecule has 1 aliphatic rings. The Morgan fingerprint density at radius 3 is 2.43 bits per heavy atom. The molecule has 21 heavy (non-hydrogen) atoms. The number of ether oxygens (including phenoxy) is 1. The molecule has 0 N–H and O–H groups in total. The second-order valence-electron chi connectivity index (χ2n) is 4.76. The van der Waals surface area contributed by atoms with Crippen LogP contribution in [0.2, 0.25) is 0 Å². The van der Waals surface area contributed by atoms with Crippen LogP contribution in [0.1, 0.15) is 18.4 Å². The highest BCUT2D eigenvalue weighted by atomic mass is 19.4. The van der Waals surface area contributed by atoms with E-state index in [-0.39, 0.29) is 18.4 Å². The van der Waals surface area contributed by atoms with E-state index in [4.69, 9.17) is 4.74 Å². The van der Waals surface area contributed by atoms with E-state index in [0.29, 0.717) is 11.3 Å². The van der Waals surface area contributed by atoms with Gasteiger partial charge < -0.3 is 4.74 Å². The predicted molar refractivity (Wildman–Crippen MR) is 69.8 cm³/mol. The van der Waals surface area contributed by atoms with Crippen LogP contribution in [0.15, 0.2) is 29.8 Å². The summed E-state index contributed by atoms with van der Waals surface area (Å²) in [5.41, 5.74) is 0.932. The SMILES string of the molecule is COc1ccc(/C=C2\CCC(C(=O)C(F)(F)F)C2=O)cc1. The lowest BCUT2D eigenvalue weighted by Gasteiger charge is -2.09. The molecular formula is C15H13F3O3. The number of carbonyl (C=O) groups is 2. The molecular weight excluding hydrogens is 285 g/mol. The first kappa shape index (κ1) is 15.3. The average Bonchev–Trinajstić information content (AvgIpc) is 2.79. The topological polar surface area (TPSA) is 43.4 Å². The van der Waals surface area contributed by atoms with Gasteiger partial charge in [-0.05, 0) is 42.2 Å². The largest absolute Gasteiger partial charge is 0.497 e. The summed E-state index contributed by atoms with van der Waals surface area (Å²) in [6.45, 7) is 0. The first-order valence-electron chi connectivity index (χ1n) is 6.33. The van der Waals surface area contributed by atoms with Gasteiger partial charge in [0.15, 0.2) is 5.78 Å². The Hall–Kier alpha value is -2.11. The lowest BCUT2D eigenvalue weighted by atomic mass is 10.00. The number of ketones is 2. The number of allylic oxidation sites excluding steroid dienone is 1. The zero-order valence-corrected chi connectivity index (χ0v) is 11.2. The Balaban J connectivity index is 2.17. The fraction of sp³-hybridized carbons (Fsp3) is 0.333. The second-order valence-corrected chi connectivity index (χ2v) is 4.76. The van der Waals surface area contributed by atoms with Gasteiger partial charge in [0, 0.05) is 0 Å². The van der Waals surface area contributed by atoms with Crippen molar-refractivity contribution in [2.45, 2.75) is 19.0 Å². The van der Waals surface area contributed by atoms with Crippen molar-refractivity contribution in [1.29, 1.82) is 0 Å². The number of halogens is 3. The van der Waals surface area contributed by atoms with Gasteiger partial charge in [-0.2, -0.15) is 13.2 Å². The summed E-state index contributed by atoms with van der Waals surface area (Å²) >= 11 is 0. The quantitative estimate of drug-likeness (QED) is 0.636. The summed E-state index contributed by atoms with van der Waals surface area (Å²) in [5, 5.41) is 0. The van der Waals surface area contributed by atoms with Crippen LogP contribution in [0, 0.1) is 5.92 Å². The molecule has 0 saturated heterocycles. The first-order valence-corrected chi connectivity index (χ1v) is 6.33. The summed E-state index contributed by atoms with van der Waals surface area (Å²) in [4.78, 5) is 23.1. The lowest BCUT2D eigenvalue weighted by molar-refractivity contribution is -0.176. The van der Waals surface area contributed by atoms with Crippen LogP contribution >= 0.6 is 0 Å². The minimum atomic E-state index is -4.96. The van der Waals surface area contributed by atoms with Gasteiger partial charge in [-0.3, -0.25) is 9.59 Å². The fourth-order valence-electron chi connectivity index (χ4n) is 2.27. The molecule has 2 rings (SSSR count). The molecule has 0 spiro atoms. The molecule has 112 valence electrons. The zero-order valence-electron chi connectivity index (χ0n) is 11.2. The van der Waals surface area contributed by atoms with E-state index in [9.17, 15) is 22.8 Å². The van der Waals surface area contributed by atoms with E-state index in [1.54, 1.807) is 24.3 Å². The van der Waals surface area contributed by atoms with Crippen LogP contribution in [0.5, 0.6) is 5.75 Å². The maximum Gasteiger partial charge on any atom is 0.450 e. The first-order chi connectivity index (χ1) is 9.82. The van der Waals surface area contributed by atoms with Crippen LogP contribution in [-0.4, -0.2) is 24.9 Å². The third kappa shape index (κ3) is 3.32. The molecule has 0 radical (unpaired) electrons. The van der Waals surface area contributed by atoms with E-state index in [2.05, 4.69) is 0 Å². The standard InChI is InChI=1S/C15H13F3O3/c1-21-11-5-2-9(3-6-11)8-10-4-7-12(13(10)19)14(20)15(16,17)18/h2-3,5-6,8,12H,4,7H2,1H3/b10-8+. The summed E-state index contributed by atoms with van der Waals surface area (Å²) in [7, 11) is 1.52. The van der Waals surface area contributed by atoms with Crippen molar-refractivity contribution in [1.82, 2.24) is 0 Å². The van der Waals surface area contributed by atoms with E-state index in [0.717, 1.165) is 0 Å². The Morgan fingerprint density at radius 1 is 1.29 bits per heavy atom. The highest BCUT2D eigenvalue weighted by Gasteiger charge is 2.48. The molecule has 0 heterocycles. The van der Waals surface area contributed by atoms with Crippen molar-refractivity contribution in [2.75, 3.05) is 7.11 Å². The Labute approximate surface area is 119 Å². The molecule has 0 aliphatic heterocycles. The molecule has 6 heteroatoms. The van der Waals surface area contributed by atoms with Crippen LogP contribution in [0.3, 0.4) is 0 Å². The lowest BCUT2D eigenvalue weighted by Crippen LogP contribution is -2.32. The summed E-state index contributed by atoms with van der Waals surface area (Å²) in [6, 6.07) is 6.75. The molecule has 1 saturated carbocycles. The van der Waals surface area contributed by atoms with Crippen molar-refractivity contribution in [3.05, 3.63) is 35.4 Å². The van der Waals surface area contributed by atoms with Gasteiger partial charge in [-0.15, -0.1) is 0 Å². The van der Waals surface area contributed by atoms with Gasteiger partial charge in [0.05, 0.1) is 13.0 Å². The Morgan fingerprint density at radius 2 is 1.90 bits per heavy atom. The number of Topliss-reactive ketones (excluding diaryl/α,β-unsaturated/α-hetero) is 2. The Bertz CT molecular complexity index is 585. The molecule has 0 amide bonds. The molecule has 1 unspecified atom stereocenters. The van der Waals surface area contributed by atoms with Crippen LogP contribution in [0.4, 0.5) is 13.2 Å². The number of alkyl halides is 3. The molecule has 3 nitrogen and oxygen atoms in total. The van der Waals surface area contributed by atoms with Crippen molar-refractivity contribution in [2.24, 2.45) is 5.92 Å². The van der Waals surface area contributed by atoms with Gasteiger partial charge >= 0.3 is 6.18 Å². The normalized spacial score (nSPS) is 20.9. The number of rotatable bonds is 3. The number of hydrogen-bond donors (Lipinski definition) is 0. The van der Waals surface area contributed by atoms with E-state index in [1.165, 1.54) is 13.2 Å². The summed E-state index contributed by atoms with van der Waals surface area (Å²) in [5.74, 6) is -3.63. The molecule has 1 fully saturated rings. The predicted octanol–water partition coefficient (Wildman–Crippen LogP) is 3.19. The number of methoxy groups -OCH3 is 1. The second kappa shape index (κ2) is 5.71. The minimum absolute atomic E-state index is 0.0842. The smallest absolute Gasteiger partial charge is 0.450 e. The number of hydrogen-bond acceptors (Lipinski definition) is 3. The third-order valence-corrected chi connectivity index (χ3v) is 3.39. The van der Waals surface area contributed by atoms with E-state index >= 15 is 0 Å². The maximum atomic E-state index is 12.4.